The fourth-order valence-electron chi connectivity index (χ4n) is 3.44. The van der Waals surface area contributed by atoms with Gasteiger partial charge in [-0.2, -0.15) is 0 Å². The zero-order chi connectivity index (χ0) is 10.7. The van der Waals surface area contributed by atoms with Crippen molar-refractivity contribution in [2.75, 3.05) is 20.2 Å². The smallest absolute Gasteiger partial charge is 0.0644 e. The van der Waals surface area contributed by atoms with Gasteiger partial charge in [0.05, 0.1) is 6.10 Å². The highest BCUT2D eigenvalue weighted by atomic mass is 16.5. The first-order valence-electron chi connectivity index (χ1n) is 6.57. The van der Waals surface area contributed by atoms with Gasteiger partial charge in [-0.15, -0.1) is 0 Å². The first-order chi connectivity index (χ1) is 7.31. The van der Waals surface area contributed by atoms with E-state index in [2.05, 4.69) is 19.3 Å². The van der Waals surface area contributed by atoms with Crippen molar-refractivity contribution >= 4 is 0 Å². The third-order valence-electron chi connectivity index (χ3n) is 4.17. The number of nitrogens with one attached hydrogen (secondary N) is 1. The molecule has 88 valence electrons. The second kappa shape index (κ2) is 5.31. The largest absolute Gasteiger partial charge is 0.378 e. The van der Waals surface area contributed by atoms with Crippen molar-refractivity contribution < 1.29 is 4.74 Å². The Labute approximate surface area is 93.8 Å². The van der Waals surface area contributed by atoms with Gasteiger partial charge in [0.25, 0.3) is 0 Å². The summed E-state index contributed by atoms with van der Waals surface area (Å²) in [6.45, 7) is 4.52. The van der Waals surface area contributed by atoms with Gasteiger partial charge in [-0.3, -0.25) is 0 Å². The van der Waals surface area contributed by atoms with E-state index < -0.39 is 0 Å². The molecule has 0 aromatic carbocycles. The quantitative estimate of drug-likeness (QED) is 0.774. The summed E-state index contributed by atoms with van der Waals surface area (Å²) in [4.78, 5) is 0. The molecule has 2 aliphatic rings. The third kappa shape index (κ3) is 2.73. The topological polar surface area (TPSA) is 21.3 Å². The molecule has 2 rings (SSSR count). The normalized spacial score (nSPS) is 42.0. The molecule has 1 aliphatic heterocycles. The Morgan fingerprint density at radius 1 is 1.27 bits per heavy atom. The average Bonchev–Trinajstić information content (AvgIpc) is 2.66. The second-order valence-corrected chi connectivity index (χ2v) is 5.47. The van der Waals surface area contributed by atoms with Gasteiger partial charge in [-0.1, -0.05) is 19.8 Å². The number of rotatable bonds is 3. The highest BCUT2D eigenvalue weighted by molar-refractivity contribution is 4.86. The van der Waals surface area contributed by atoms with Gasteiger partial charge in [0, 0.05) is 13.2 Å². The Bertz CT molecular complexity index is 195. The summed E-state index contributed by atoms with van der Waals surface area (Å²) >= 11 is 0. The fourth-order valence-corrected chi connectivity index (χ4v) is 3.44. The summed E-state index contributed by atoms with van der Waals surface area (Å²) in [5.74, 6) is 2.53. The lowest BCUT2D eigenvalue weighted by Gasteiger charge is -2.33. The van der Waals surface area contributed by atoms with Crippen LogP contribution in [-0.2, 0) is 4.74 Å². The monoisotopic (exact) mass is 211 g/mol. The van der Waals surface area contributed by atoms with Crippen LogP contribution in [0.1, 0.15) is 39.0 Å². The SMILES string of the molecule is CNCC1CCOC1C1CCCC(C)C1. The average molecular weight is 211 g/mol. The van der Waals surface area contributed by atoms with E-state index in [-0.39, 0.29) is 0 Å². The molecule has 4 atom stereocenters. The van der Waals surface area contributed by atoms with Crippen LogP contribution in [0.5, 0.6) is 0 Å². The maximum Gasteiger partial charge on any atom is 0.0644 e. The molecular weight excluding hydrogens is 186 g/mol. The maximum absolute atomic E-state index is 5.97. The molecule has 2 nitrogen and oxygen atoms in total. The van der Waals surface area contributed by atoms with Crippen LogP contribution in [0.2, 0.25) is 0 Å². The van der Waals surface area contributed by atoms with Crippen molar-refractivity contribution in [3.05, 3.63) is 0 Å². The lowest BCUT2D eigenvalue weighted by Crippen LogP contribution is -2.34. The predicted molar refractivity (Wildman–Crippen MR) is 62.9 cm³/mol. The van der Waals surface area contributed by atoms with E-state index in [9.17, 15) is 0 Å². The number of ether oxygens (including phenoxy) is 1. The first kappa shape index (κ1) is 11.4. The van der Waals surface area contributed by atoms with E-state index in [0.29, 0.717) is 6.10 Å². The summed E-state index contributed by atoms with van der Waals surface area (Å²) in [7, 11) is 2.05. The van der Waals surface area contributed by atoms with Crippen LogP contribution in [0, 0.1) is 17.8 Å². The van der Waals surface area contributed by atoms with E-state index in [4.69, 9.17) is 4.74 Å². The molecule has 4 unspecified atom stereocenters. The standard InChI is InChI=1S/C13H25NO/c1-10-4-3-5-11(8-10)13-12(9-14-2)6-7-15-13/h10-14H,3-9H2,1-2H3. The molecule has 1 heterocycles. The van der Waals surface area contributed by atoms with Crippen molar-refractivity contribution in [3.63, 3.8) is 0 Å². The van der Waals surface area contributed by atoms with Crippen LogP contribution < -0.4 is 5.32 Å². The number of hydrogen-bond acceptors (Lipinski definition) is 2. The van der Waals surface area contributed by atoms with Crippen molar-refractivity contribution in [3.8, 4) is 0 Å². The lowest BCUT2D eigenvalue weighted by molar-refractivity contribution is 0.0191. The molecule has 0 amide bonds. The zero-order valence-electron chi connectivity index (χ0n) is 10.2. The summed E-state index contributed by atoms with van der Waals surface area (Å²) in [6.07, 6.45) is 7.45. The minimum atomic E-state index is 0.556. The summed E-state index contributed by atoms with van der Waals surface area (Å²) < 4.78 is 5.97. The third-order valence-corrected chi connectivity index (χ3v) is 4.17. The second-order valence-electron chi connectivity index (χ2n) is 5.47. The highest BCUT2D eigenvalue weighted by Gasteiger charge is 2.36. The highest BCUT2D eigenvalue weighted by Crippen LogP contribution is 2.37. The first-order valence-corrected chi connectivity index (χ1v) is 6.57. The Morgan fingerprint density at radius 3 is 2.87 bits per heavy atom. The molecule has 1 aliphatic carbocycles. The van der Waals surface area contributed by atoms with Gasteiger partial charge in [0.1, 0.15) is 0 Å². The van der Waals surface area contributed by atoms with Crippen LogP contribution in [0.25, 0.3) is 0 Å². The summed E-state index contributed by atoms with van der Waals surface area (Å²) in [5, 5.41) is 3.31. The Morgan fingerprint density at radius 2 is 2.13 bits per heavy atom. The van der Waals surface area contributed by atoms with Crippen molar-refractivity contribution in [1.82, 2.24) is 5.32 Å². The fraction of sp³-hybridized carbons (Fsp3) is 1.00. The van der Waals surface area contributed by atoms with E-state index in [0.717, 1.165) is 30.9 Å². The van der Waals surface area contributed by atoms with Crippen molar-refractivity contribution in [1.29, 1.82) is 0 Å². The van der Waals surface area contributed by atoms with Gasteiger partial charge in [0.15, 0.2) is 0 Å². The zero-order valence-corrected chi connectivity index (χ0v) is 10.2. The van der Waals surface area contributed by atoms with E-state index in [1.165, 1.54) is 32.1 Å². The van der Waals surface area contributed by atoms with Gasteiger partial charge in [-0.05, 0) is 44.1 Å². The van der Waals surface area contributed by atoms with Crippen molar-refractivity contribution in [2.24, 2.45) is 17.8 Å². The summed E-state index contributed by atoms with van der Waals surface area (Å²) in [6, 6.07) is 0. The van der Waals surface area contributed by atoms with Gasteiger partial charge >= 0.3 is 0 Å². The van der Waals surface area contributed by atoms with Crippen molar-refractivity contribution in [2.45, 2.75) is 45.1 Å². The molecule has 0 spiro atoms. The Hall–Kier alpha value is -0.0800. The molecule has 0 aromatic rings. The lowest BCUT2D eigenvalue weighted by atomic mass is 9.76. The number of hydrogen-bond donors (Lipinski definition) is 1. The van der Waals surface area contributed by atoms with E-state index in [1.807, 2.05) is 0 Å². The predicted octanol–water partition coefficient (Wildman–Crippen LogP) is 2.44. The van der Waals surface area contributed by atoms with Gasteiger partial charge < -0.3 is 10.1 Å². The Balaban J connectivity index is 1.90. The molecule has 0 radical (unpaired) electrons. The van der Waals surface area contributed by atoms with Gasteiger partial charge in [-0.25, -0.2) is 0 Å². The molecule has 15 heavy (non-hydrogen) atoms. The molecule has 1 saturated heterocycles. The minimum absolute atomic E-state index is 0.556. The van der Waals surface area contributed by atoms with E-state index >= 15 is 0 Å². The van der Waals surface area contributed by atoms with Crippen LogP contribution in [0.4, 0.5) is 0 Å². The molecule has 1 saturated carbocycles. The van der Waals surface area contributed by atoms with Gasteiger partial charge in [0.2, 0.25) is 0 Å². The molecule has 2 fully saturated rings. The maximum atomic E-state index is 5.97. The molecule has 0 aromatic heterocycles. The van der Waals surface area contributed by atoms with E-state index in [1.54, 1.807) is 0 Å². The van der Waals surface area contributed by atoms with Crippen LogP contribution in [0.15, 0.2) is 0 Å². The molecule has 2 heteroatoms. The molecular formula is C13H25NO. The van der Waals surface area contributed by atoms with Crippen LogP contribution in [-0.4, -0.2) is 26.3 Å². The summed E-state index contributed by atoms with van der Waals surface area (Å²) in [5.41, 5.74) is 0. The van der Waals surface area contributed by atoms with Crippen LogP contribution >= 0.6 is 0 Å². The molecule has 1 N–H and O–H groups in total. The molecule has 0 bridgehead atoms. The van der Waals surface area contributed by atoms with Crippen LogP contribution in [0.3, 0.4) is 0 Å². The Kier molecular flexibility index (Phi) is 4.04. The minimum Gasteiger partial charge on any atom is -0.378 e.